The molecular weight excluding hydrogens is 248 g/mol. The summed E-state index contributed by atoms with van der Waals surface area (Å²) < 4.78 is 20.3. The zero-order valence-electron chi connectivity index (χ0n) is 12.4. The molecule has 0 saturated carbocycles. The minimum atomic E-state index is -0.938. The molecule has 0 aliphatic carbocycles. The third kappa shape index (κ3) is 4.30. The van der Waals surface area contributed by atoms with Crippen molar-refractivity contribution in [1.82, 2.24) is 9.62 Å². The lowest BCUT2D eigenvalue weighted by Gasteiger charge is -2.36. The molecule has 1 N–H and O–H groups in total. The number of hydrogen-bond acceptors (Lipinski definition) is 3. The highest BCUT2D eigenvalue weighted by atomic mass is 32.2. The first kappa shape index (κ1) is 16.1. The Balaban J connectivity index is 2.68. The molecule has 0 aromatic rings. The van der Waals surface area contributed by atoms with E-state index >= 15 is 0 Å². The SMILES string of the molecule is CCCC1(COC(C)C)CC(NS(C)=O)CN1C. The zero-order chi connectivity index (χ0) is 13.8. The Bertz CT molecular complexity index is 286. The summed E-state index contributed by atoms with van der Waals surface area (Å²) in [7, 11) is 1.21. The summed E-state index contributed by atoms with van der Waals surface area (Å²) in [5.41, 5.74) is 0.107. The van der Waals surface area contributed by atoms with Crippen molar-refractivity contribution in [2.45, 2.75) is 57.7 Å². The Labute approximate surface area is 114 Å². The molecule has 1 aliphatic rings. The second-order valence-corrected chi connectivity index (χ2v) is 6.83. The van der Waals surface area contributed by atoms with Gasteiger partial charge in [0, 0.05) is 24.4 Å². The van der Waals surface area contributed by atoms with E-state index in [4.69, 9.17) is 4.74 Å². The lowest BCUT2D eigenvalue weighted by molar-refractivity contribution is -0.00901. The Hall–Kier alpha value is 0.0300. The maximum atomic E-state index is 11.3. The van der Waals surface area contributed by atoms with E-state index in [0.717, 1.165) is 32.4 Å². The minimum Gasteiger partial charge on any atom is -0.377 e. The number of hydrogen-bond donors (Lipinski definition) is 1. The first-order chi connectivity index (χ1) is 8.39. The fraction of sp³-hybridized carbons (Fsp3) is 1.00. The van der Waals surface area contributed by atoms with E-state index in [2.05, 4.69) is 37.4 Å². The predicted molar refractivity (Wildman–Crippen MR) is 77.0 cm³/mol. The van der Waals surface area contributed by atoms with E-state index in [0.29, 0.717) is 6.04 Å². The van der Waals surface area contributed by atoms with E-state index in [9.17, 15) is 4.21 Å². The van der Waals surface area contributed by atoms with Gasteiger partial charge in [0.1, 0.15) is 0 Å². The normalized spacial score (nSPS) is 31.1. The molecule has 0 bridgehead atoms. The van der Waals surface area contributed by atoms with Crippen molar-refractivity contribution in [3.63, 3.8) is 0 Å². The Morgan fingerprint density at radius 2 is 2.22 bits per heavy atom. The summed E-state index contributed by atoms with van der Waals surface area (Å²) >= 11 is 0. The van der Waals surface area contributed by atoms with Gasteiger partial charge >= 0.3 is 0 Å². The molecular formula is C13H28N2O2S. The first-order valence-corrected chi connectivity index (χ1v) is 8.38. The Morgan fingerprint density at radius 3 is 2.72 bits per heavy atom. The maximum Gasteiger partial charge on any atom is 0.0886 e. The van der Waals surface area contributed by atoms with Gasteiger partial charge in [-0.2, -0.15) is 0 Å². The van der Waals surface area contributed by atoms with Crippen molar-refractivity contribution < 1.29 is 8.95 Å². The molecule has 4 nitrogen and oxygen atoms in total. The first-order valence-electron chi connectivity index (χ1n) is 6.82. The molecule has 0 radical (unpaired) electrons. The number of nitrogens with one attached hydrogen (secondary N) is 1. The fourth-order valence-electron chi connectivity index (χ4n) is 2.84. The number of nitrogens with zero attached hydrogens (tertiary/aromatic N) is 1. The van der Waals surface area contributed by atoms with E-state index < -0.39 is 11.0 Å². The summed E-state index contributed by atoms with van der Waals surface area (Å²) in [6, 6.07) is 0.308. The van der Waals surface area contributed by atoms with Crippen molar-refractivity contribution in [2.24, 2.45) is 0 Å². The molecule has 1 saturated heterocycles. The Morgan fingerprint density at radius 1 is 1.56 bits per heavy atom. The van der Waals surface area contributed by atoms with E-state index in [-0.39, 0.29) is 11.6 Å². The summed E-state index contributed by atoms with van der Waals surface area (Å²) in [6.45, 7) is 8.07. The number of rotatable bonds is 7. The molecule has 1 fully saturated rings. The fourth-order valence-corrected chi connectivity index (χ4v) is 3.47. The molecule has 5 heteroatoms. The van der Waals surface area contributed by atoms with Crippen LogP contribution in [0.2, 0.25) is 0 Å². The molecule has 3 atom stereocenters. The smallest absolute Gasteiger partial charge is 0.0886 e. The van der Waals surface area contributed by atoms with Crippen molar-refractivity contribution in [2.75, 3.05) is 26.5 Å². The van der Waals surface area contributed by atoms with Crippen LogP contribution in [0.5, 0.6) is 0 Å². The van der Waals surface area contributed by atoms with Gasteiger partial charge in [-0.15, -0.1) is 0 Å². The van der Waals surface area contributed by atoms with Crippen LogP contribution in [0.4, 0.5) is 0 Å². The highest BCUT2D eigenvalue weighted by Gasteiger charge is 2.43. The second-order valence-electron chi connectivity index (χ2n) is 5.69. The highest BCUT2D eigenvalue weighted by molar-refractivity contribution is 7.82. The van der Waals surface area contributed by atoms with Crippen LogP contribution in [0, 0.1) is 0 Å². The van der Waals surface area contributed by atoms with Gasteiger partial charge in [-0.3, -0.25) is 4.90 Å². The van der Waals surface area contributed by atoms with E-state index in [1.165, 1.54) is 0 Å². The average molecular weight is 276 g/mol. The molecule has 1 rings (SSSR count). The van der Waals surface area contributed by atoms with Crippen LogP contribution in [0.3, 0.4) is 0 Å². The summed E-state index contributed by atoms with van der Waals surface area (Å²) in [5.74, 6) is 0. The van der Waals surface area contributed by atoms with Crippen LogP contribution >= 0.6 is 0 Å². The molecule has 3 unspecified atom stereocenters. The van der Waals surface area contributed by atoms with Gasteiger partial charge in [-0.25, -0.2) is 8.93 Å². The van der Waals surface area contributed by atoms with Crippen molar-refractivity contribution in [3.8, 4) is 0 Å². The molecule has 0 aromatic carbocycles. The van der Waals surface area contributed by atoms with Gasteiger partial charge in [0.05, 0.1) is 23.7 Å². The highest BCUT2D eigenvalue weighted by Crippen LogP contribution is 2.33. The largest absolute Gasteiger partial charge is 0.377 e. The molecule has 0 aromatic heterocycles. The van der Waals surface area contributed by atoms with Gasteiger partial charge in [0.2, 0.25) is 0 Å². The monoisotopic (exact) mass is 276 g/mol. The summed E-state index contributed by atoms with van der Waals surface area (Å²) in [4.78, 5) is 2.38. The van der Waals surface area contributed by atoms with Gasteiger partial charge in [-0.1, -0.05) is 13.3 Å². The molecule has 1 heterocycles. The number of ether oxygens (including phenoxy) is 1. The lowest BCUT2D eigenvalue weighted by atomic mass is 9.90. The molecule has 0 amide bonds. The standard InChI is InChI=1S/C13H28N2O2S/c1-6-7-13(10-17-11(2)3)8-12(9-15(13)4)14-18(5)16/h11-12,14H,6-10H2,1-5H3. The quantitative estimate of drug-likeness (QED) is 0.767. The Kier molecular flexibility index (Phi) is 6.24. The predicted octanol–water partition coefficient (Wildman–Crippen LogP) is 1.54. The molecule has 108 valence electrons. The second kappa shape index (κ2) is 6.98. The third-order valence-corrected chi connectivity index (χ3v) is 4.33. The molecule has 0 spiro atoms. The van der Waals surface area contributed by atoms with Crippen molar-refractivity contribution in [3.05, 3.63) is 0 Å². The van der Waals surface area contributed by atoms with Crippen LogP contribution in [-0.4, -0.2) is 53.2 Å². The number of likely N-dealkylation sites (N-methyl/N-ethyl adjacent to an activating group) is 1. The summed E-state index contributed by atoms with van der Waals surface area (Å²) in [5, 5.41) is 0. The minimum absolute atomic E-state index is 0.107. The van der Waals surface area contributed by atoms with Crippen LogP contribution in [0.1, 0.15) is 40.0 Å². The van der Waals surface area contributed by atoms with Gasteiger partial charge < -0.3 is 4.74 Å². The van der Waals surface area contributed by atoms with Crippen LogP contribution < -0.4 is 4.72 Å². The van der Waals surface area contributed by atoms with E-state index in [1.807, 2.05) is 0 Å². The topological polar surface area (TPSA) is 41.6 Å². The average Bonchev–Trinajstić information content (AvgIpc) is 2.52. The third-order valence-electron chi connectivity index (χ3n) is 3.66. The summed E-state index contributed by atoms with van der Waals surface area (Å²) in [6.07, 6.45) is 5.26. The van der Waals surface area contributed by atoms with Gasteiger partial charge in [-0.05, 0) is 33.7 Å². The lowest BCUT2D eigenvalue weighted by Crippen LogP contribution is -2.45. The van der Waals surface area contributed by atoms with Gasteiger partial charge in [0.15, 0.2) is 0 Å². The van der Waals surface area contributed by atoms with Crippen LogP contribution in [0.15, 0.2) is 0 Å². The molecule has 1 aliphatic heterocycles. The molecule has 18 heavy (non-hydrogen) atoms. The van der Waals surface area contributed by atoms with Gasteiger partial charge in [0.25, 0.3) is 0 Å². The number of likely N-dealkylation sites (tertiary alicyclic amines) is 1. The maximum absolute atomic E-state index is 11.3. The van der Waals surface area contributed by atoms with E-state index in [1.54, 1.807) is 6.26 Å². The van der Waals surface area contributed by atoms with Crippen LogP contribution in [0.25, 0.3) is 0 Å². The zero-order valence-corrected chi connectivity index (χ0v) is 13.2. The van der Waals surface area contributed by atoms with Crippen LogP contribution in [-0.2, 0) is 15.7 Å². The van der Waals surface area contributed by atoms with Crippen molar-refractivity contribution in [1.29, 1.82) is 0 Å². The van der Waals surface area contributed by atoms with Crippen molar-refractivity contribution >= 4 is 11.0 Å².